The minimum absolute atomic E-state index is 0.246. The van der Waals surface area contributed by atoms with Crippen LogP contribution in [-0.2, 0) is 6.54 Å². The zero-order valence-corrected chi connectivity index (χ0v) is 18.1. The molecule has 0 saturated carbocycles. The lowest BCUT2D eigenvalue weighted by atomic mass is 10.1. The first kappa shape index (κ1) is 20.0. The molecule has 0 radical (unpaired) electrons. The molecule has 0 unspecified atom stereocenters. The second-order valence-electron chi connectivity index (χ2n) is 6.94. The number of carbonyl (C=O) groups is 1. The van der Waals surface area contributed by atoms with Gasteiger partial charge in [-0.05, 0) is 45.8 Å². The van der Waals surface area contributed by atoms with Crippen molar-refractivity contribution in [3.8, 4) is 0 Å². The summed E-state index contributed by atoms with van der Waals surface area (Å²) in [4.78, 5) is 17.2. The molecule has 1 aliphatic rings. The van der Waals surface area contributed by atoms with Crippen LogP contribution in [0.4, 0.5) is 11.4 Å². The average Bonchev–Trinajstić information content (AvgIpc) is 3.16. The maximum Gasteiger partial charge on any atom is 0.291 e. The second kappa shape index (κ2) is 9.03. The molecule has 1 fully saturated rings. The Morgan fingerprint density at radius 1 is 1.00 bits per heavy atom. The van der Waals surface area contributed by atoms with Crippen LogP contribution in [0.2, 0.25) is 5.02 Å². The van der Waals surface area contributed by atoms with Gasteiger partial charge in [-0.2, -0.15) is 0 Å². The van der Waals surface area contributed by atoms with Gasteiger partial charge >= 0.3 is 0 Å². The van der Waals surface area contributed by atoms with Gasteiger partial charge in [0.15, 0.2) is 10.4 Å². The average molecular weight is 475 g/mol. The summed E-state index contributed by atoms with van der Waals surface area (Å²) in [7, 11) is 0. The van der Waals surface area contributed by atoms with E-state index in [-0.39, 0.29) is 11.7 Å². The summed E-state index contributed by atoms with van der Waals surface area (Å²) < 4.78 is 5.87. The van der Waals surface area contributed by atoms with Gasteiger partial charge in [0.25, 0.3) is 5.91 Å². The van der Waals surface area contributed by atoms with E-state index in [1.54, 1.807) is 12.1 Å². The molecule has 0 bridgehead atoms. The lowest BCUT2D eigenvalue weighted by Crippen LogP contribution is -2.46. The van der Waals surface area contributed by atoms with Gasteiger partial charge in [0.1, 0.15) is 0 Å². The third kappa shape index (κ3) is 4.83. The molecule has 0 spiro atoms. The van der Waals surface area contributed by atoms with Crippen LogP contribution in [0, 0.1) is 0 Å². The first-order valence-electron chi connectivity index (χ1n) is 9.46. The number of hydrogen-bond donors (Lipinski definition) is 1. The number of benzene rings is 2. The van der Waals surface area contributed by atoms with Gasteiger partial charge in [0.2, 0.25) is 0 Å². The molecule has 0 aliphatic carbocycles. The molecule has 29 heavy (non-hydrogen) atoms. The molecule has 1 N–H and O–H groups in total. The van der Waals surface area contributed by atoms with E-state index in [1.165, 1.54) is 5.56 Å². The van der Waals surface area contributed by atoms with Crippen molar-refractivity contribution < 1.29 is 9.21 Å². The smallest absolute Gasteiger partial charge is 0.291 e. The minimum atomic E-state index is -0.304. The summed E-state index contributed by atoms with van der Waals surface area (Å²) in [5, 5.41) is 3.56. The van der Waals surface area contributed by atoms with E-state index >= 15 is 0 Å². The van der Waals surface area contributed by atoms with E-state index < -0.39 is 0 Å². The van der Waals surface area contributed by atoms with Crippen LogP contribution >= 0.6 is 27.5 Å². The van der Waals surface area contributed by atoms with Crippen molar-refractivity contribution in [1.29, 1.82) is 0 Å². The number of rotatable bonds is 5. The fraction of sp³-hybridized carbons (Fsp3) is 0.227. The highest BCUT2D eigenvalue weighted by Gasteiger charge is 2.23. The van der Waals surface area contributed by atoms with E-state index in [9.17, 15) is 4.79 Å². The molecule has 3 aromatic rings. The van der Waals surface area contributed by atoms with Crippen LogP contribution in [-0.4, -0.2) is 37.0 Å². The first-order chi connectivity index (χ1) is 14.1. The first-order valence-corrected chi connectivity index (χ1v) is 10.6. The summed E-state index contributed by atoms with van der Waals surface area (Å²) >= 11 is 9.75. The summed E-state index contributed by atoms with van der Waals surface area (Å²) in [6, 6.07) is 19.4. The van der Waals surface area contributed by atoms with Crippen LogP contribution in [0.25, 0.3) is 0 Å². The standard InChI is InChI=1S/C22H21BrClN3O2/c23-20-10-9-19(29-20)22(28)25-18-8-4-7-17(24)21(18)27-13-11-26(12-14-27)15-16-5-2-1-3-6-16/h1-10H,11-15H2,(H,25,28). The molecule has 0 atom stereocenters. The Hall–Kier alpha value is -2.28. The molecular formula is C22H21BrClN3O2. The lowest BCUT2D eigenvalue weighted by Gasteiger charge is -2.37. The summed E-state index contributed by atoms with van der Waals surface area (Å²) in [6.45, 7) is 4.48. The molecule has 150 valence electrons. The lowest BCUT2D eigenvalue weighted by molar-refractivity contribution is 0.0995. The maximum atomic E-state index is 12.5. The number of nitrogens with one attached hydrogen (secondary N) is 1. The van der Waals surface area contributed by atoms with Gasteiger partial charge < -0.3 is 14.6 Å². The van der Waals surface area contributed by atoms with Crippen LogP contribution < -0.4 is 10.2 Å². The van der Waals surface area contributed by atoms with E-state index in [4.69, 9.17) is 16.0 Å². The zero-order chi connectivity index (χ0) is 20.2. The Morgan fingerprint density at radius 3 is 2.45 bits per heavy atom. The Balaban J connectivity index is 1.45. The highest BCUT2D eigenvalue weighted by atomic mass is 79.9. The molecule has 2 aromatic carbocycles. The Labute approximate surface area is 183 Å². The highest BCUT2D eigenvalue weighted by Crippen LogP contribution is 2.35. The van der Waals surface area contributed by atoms with Crippen molar-refractivity contribution in [3.63, 3.8) is 0 Å². The number of piperazine rings is 1. The van der Waals surface area contributed by atoms with Crippen LogP contribution in [0.15, 0.2) is 69.8 Å². The fourth-order valence-corrected chi connectivity index (χ4v) is 4.13. The Kier molecular flexibility index (Phi) is 6.23. The second-order valence-corrected chi connectivity index (χ2v) is 8.13. The van der Waals surface area contributed by atoms with Crippen LogP contribution in [0.3, 0.4) is 0 Å². The summed E-state index contributed by atoms with van der Waals surface area (Å²) in [5.74, 6) is -0.0580. The number of hydrogen-bond acceptors (Lipinski definition) is 4. The zero-order valence-electron chi connectivity index (χ0n) is 15.8. The summed E-state index contributed by atoms with van der Waals surface area (Å²) in [6.07, 6.45) is 0. The van der Waals surface area contributed by atoms with Gasteiger partial charge in [-0.3, -0.25) is 9.69 Å². The minimum Gasteiger partial charge on any atom is -0.444 e. The van der Waals surface area contributed by atoms with Gasteiger partial charge in [0.05, 0.1) is 16.4 Å². The number of furan rings is 1. The predicted octanol–water partition coefficient (Wildman–Crippen LogP) is 5.27. The fourth-order valence-electron chi connectivity index (χ4n) is 3.53. The number of halogens is 2. The van der Waals surface area contributed by atoms with Crippen molar-refractivity contribution in [2.24, 2.45) is 0 Å². The normalized spacial score (nSPS) is 14.8. The third-order valence-electron chi connectivity index (χ3n) is 4.97. The maximum absolute atomic E-state index is 12.5. The number of anilines is 2. The number of amides is 1. The summed E-state index contributed by atoms with van der Waals surface area (Å²) in [5.41, 5.74) is 2.86. The molecule has 1 saturated heterocycles. The number of carbonyl (C=O) groups excluding carboxylic acids is 1. The molecule has 4 rings (SSSR count). The van der Waals surface area contributed by atoms with Gasteiger partial charge in [-0.25, -0.2) is 0 Å². The quantitative estimate of drug-likeness (QED) is 0.547. The van der Waals surface area contributed by atoms with Crippen molar-refractivity contribution in [2.75, 3.05) is 36.4 Å². The Morgan fingerprint density at radius 2 is 1.76 bits per heavy atom. The third-order valence-corrected chi connectivity index (χ3v) is 5.70. The highest BCUT2D eigenvalue weighted by molar-refractivity contribution is 9.10. The SMILES string of the molecule is O=C(Nc1cccc(Cl)c1N1CCN(Cc2ccccc2)CC1)c1ccc(Br)o1. The molecule has 5 nitrogen and oxygen atoms in total. The molecule has 1 aliphatic heterocycles. The van der Waals surface area contributed by atoms with E-state index in [2.05, 4.69) is 55.3 Å². The van der Waals surface area contributed by atoms with Gasteiger partial charge in [0, 0.05) is 32.7 Å². The van der Waals surface area contributed by atoms with E-state index in [0.717, 1.165) is 38.4 Å². The molecule has 7 heteroatoms. The van der Waals surface area contributed by atoms with Crippen LogP contribution in [0.5, 0.6) is 0 Å². The largest absolute Gasteiger partial charge is 0.444 e. The topological polar surface area (TPSA) is 48.7 Å². The monoisotopic (exact) mass is 473 g/mol. The molecule has 2 heterocycles. The Bertz CT molecular complexity index is 985. The molecule has 1 aromatic heterocycles. The van der Waals surface area contributed by atoms with Crippen molar-refractivity contribution in [3.05, 3.63) is 81.7 Å². The van der Waals surface area contributed by atoms with Gasteiger partial charge in [-0.1, -0.05) is 48.0 Å². The van der Waals surface area contributed by atoms with Gasteiger partial charge in [-0.15, -0.1) is 0 Å². The number of para-hydroxylation sites is 1. The van der Waals surface area contributed by atoms with Crippen LogP contribution in [0.1, 0.15) is 16.1 Å². The number of nitrogens with zero attached hydrogens (tertiary/aromatic N) is 2. The molecular weight excluding hydrogens is 454 g/mol. The molecule has 1 amide bonds. The van der Waals surface area contributed by atoms with Crippen molar-refractivity contribution in [2.45, 2.75) is 6.54 Å². The van der Waals surface area contributed by atoms with Crippen molar-refractivity contribution >= 4 is 44.8 Å². The van der Waals surface area contributed by atoms with Crippen molar-refractivity contribution in [1.82, 2.24) is 4.90 Å². The van der Waals surface area contributed by atoms with E-state index in [1.807, 2.05) is 24.3 Å². The van der Waals surface area contributed by atoms with E-state index in [0.29, 0.717) is 15.4 Å². The predicted molar refractivity (Wildman–Crippen MR) is 120 cm³/mol.